The van der Waals surface area contributed by atoms with E-state index < -0.39 is 0 Å². The van der Waals surface area contributed by atoms with E-state index in [9.17, 15) is 0 Å². The van der Waals surface area contributed by atoms with Gasteiger partial charge in [0.2, 0.25) is 0 Å². The van der Waals surface area contributed by atoms with Crippen molar-refractivity contribution in [2.24, 2.45) is 5.73 Å². The Morgan fingerprint density at radius 3 is 2.67 bits per heavy atom. The van der Waals surface area contributed by atoms with Gasteiger partial charge in [-0.25, -0.2) is 0 Å². The normalized spacial score (nSPS) is 26.9. The molecular weight excluding hydrogens is 224 g/mol. The van der Waals surface area contributed by atoms with Crippen molar-refractivity contribution < 1.29 is 4.74 Å². The molecule has 1 aliphatic heterocycles. The molecule has 100 valence electrons. The molecule has 0 spiro atoms. The first-order valence-electron chi connectivity index (χ1n) is 6.64. The average Bonchev–Trinajstić information content (AvgIpc) is 2.31. The van der Waals surface area contributed by atoms with Gasteiger partial charge in [0.25, 0.3) is 0 Å². The first-order valence-corrected chi connectivity index (χ1v) is 6.64. The molecule has 1 aromatic rings. The van der Waals surface area contributed by atoms with Crippen molar-refractivity contribution in [1.29, 1.82) is 0 Å². The first kappa shape index (κ1) is 13.4. The lowest BCUT2D eigenvalue weighted by Gasteiger charge is -2.45. The lowest BCUT2D eigenvalue weighted by molar-refractivity contribution is -0.0736. The summed E-state index contributed by atoms with van der Waals surface area (Å²) in [4.78, 5) is 0. The van der Waals surface area contributed by atoms with Crippen LogP contribution in [0.15, 0.2) is 24.3 Å². The Kier molecular flexibility index (Phi) is 3.64. The molecule has 0 aromatic heterocycles. The second kappa shape index (κ2) is 4.90. The molecule has 1 fully saturated rings. The third-order valence-corrected chi connectivity index (χ3v) is 3.77. The maximum absolute atomic E-state index is 6.04. The summed E-state index contributed by atoms with van der Waals surface area (Å²) in [5.41, 5.74) is 8.33. The fourth-order valence-electron chi connectivity index (χ4n) is 2.81. The first-order chi connectivity index (χ1) is 8.46. The molecule has 1 atom stereocenters. The molecule has 3 nitrogen and oxygen atoms in total. The van der Waals surface area contributed by atoms with Gasteiger partial charge in [-0.15, -0.1) is 0 Å². The molecule has 1 heterocycles. The van der Waals surface area contributed by atoms with E-state index in [-0.39, 0.29) is 11.1 Å². The number of rotatable bonds is 3. The zero-order chi connectivity index (χ0) is 13.2. The molecule has 2 rings (SSSR count). The van der Waals surface area contributed by atoms with Gasteiger partial charge in [-0.05, 0) is 38.8 Å². The van der Waals surface area contributed by atoms with Crippen LogP contribution in [0.25, 0.3) is 0 Å². The number of benzene rings is 1. The number of hydrogen-bond acceptors (Lipinski definition) is 3. The van der Waals surface area contributed by atoms with Crippen molar-refractivity contribution in [2.75, 3.05) is 18.5 Å². The summed E-state index contributed by atoms with van der Waals surface area (Å²) in [5.74, 6) is 0. The fourth-order valence-corrected chi connectivity index (χ4v) is 2.81. The Hall–Kier alpha value is -1.06. The van der Waals surface area contributed by atoms with Gasteiger partial charge in [-0.2, -0.15) is 0 Å². The van der Waals surface area contributed by atoms with Crippen LogP contribution >= 0.6 is 0 Å². The summed E-state index contributed by atoms with van der Waals surface area (Å²) in [6.07, 6.45) is 1.89. The van der Waals surface area contributed by atoms with E-state index in [4.69, 9.17) is 10.5 Å². The highest BCUT2D eigenvalue weighted by Crippen LogP contribution is 2.34. The van der Waals surface area contributed by atoms with Gasteiger partial charge in [-0.1, -0.05) is 18.2 Å². The second-order valence-corrected chi connectivity index (χ2v) is 5.96. The van der Waals surface area contributed by atoms with Crippen LogP contribution in [0, 0.1) is 6.92 Å². The molecule has 0 aliphatic carbocycles. The Morgan fingerprint density at radius 1 is 1.33 bits per heavy atom. The molecule has 0 radical (unpaired) electrons. The average molecular weight is 248 g/mol. The van der Waals surface area contributed by atoms with Crippen LogP contribution in [0.1, 0.15) is 32.3 Å². The molecule has 3 N–H and O–H groups in total. The number of para-hydroxylation sites is 1. The van der Waals surface area contributed by atoms with Crippen LogP contribution in [-0.4, -0.2) is 24.3 Å². The summed E-state index contributed by atoms with van der Waals surface area (Å²) < 4.78 is 5.79. The van der Waals surface area contributed by atoms with Crippen LogP contribution in [0.3, 0.4) is 0 Å². The van der Waals surface area contributed by atoms with Gasteiger partial charge < -0.3 is 15.8 Å². The summed E-state index contributed by atoms with van der Waals surface area (Å²) >= 11 is 0. The number of hydrogen-bond donors (Lipinski definition) is 2. The van der Waals surface area contributed by atoms with Crippen molar-refractivity contribution in [3.8, 4) is 0 Å². The van der Waals surface area contributed by atoms with Crippen LogP contribution in [0.2, 0.25) is 0 Å². The zero-order valence-electron chi connectivity index (χ0n) is 11.6. The van der Waals surface area contributed by atoms with Gasteiger partial charge in [0.05, 0.1) is 11.1 Å². The summed E-state index contributed by atoms with van der Waals surface area (Å²) in [6.45, 7) is 7.79. The van der Waals surface area contributed by atoms with Crippen LogP contribution in [-0.2, 0) is 4.74 Å². The van der Waals surface area contributed by atoms with Gasteiger partial charge in [0, 0.05) is 25.3 Å². The molecule has 3 heteroatoms. The maximum Gasteiger partial charge on any atom is 0.0649 e. The van der Waals surface area contributed by atoms with E-state index in [0.29, 0.717) is 6.54 Å². The Bertz CT molecular complexity index is 417. The monoisotopic (exact) mass is 248 g/mol. The molecule has 18 heavy (non-hydrogen) atoms. The molecule has 0 bridgehead atoms. The zero-order valence-corrected chi connectivity index (χ0v) is 11.6. The van der Waals surface area contributed by atoms with Gasteiger partial charge in [-0.3, -0.25) is 0 Å². The number of aryl methyl sites for hydroxylation is 1. The van der Waals surface area contributed by atoms with Gasteiger partial charge in [0.1, 0.15) is 0 Å². The highest BCUT2D eigenvalue weighted by atomic mass is 16.5. The molecule has 0 amide bonds. The highest BCUT2D eigenvalue weighted by molar-refractivity contribution is 5.52. The Morgan fingerprint density at radius 2 is 2.06 bits per heavy atom. The molecule has 1 aliphatic rings. The summed E-state index contributed by atoms with van der Waals surface area (Å²) in [5, 5.41) is 3.66. The Labute approximate surface area is 110 Å². The predicted molar refractivity (Wildman–Crippen MR) is 75.9 cm³/mol. The maximum atomic E-state index is 6.04. The summed E-state index contributed by atoms with van der Waals surface area (Å²) in [6, 6.07) is 8.36. The lowest BCUT2D eigenvalue weighted by Crippen LogP contribution is -2.55. The minimum Gasteiger partial charge on any atom is -0.378 e. The molecule has 1 saturated heterocycles. The highest BCUT2D eigenvalue weighted by Gasteiger charge is 2.40. The summed E-state index contributed by atoms with van der Waals surface area (Å²) in [7, 11) is 0. The number of nitrogens with one attached hydrogen (secondary N) is 1. The molecule has 0 saturated carbocycles. The van der Waals surface area contributed by atoms with E-state index >= 15 is 0 Å². The molecule has 1 aromatic carbocycles. The number of anilines is 1. The van der Waals surface area contributed by atoms with E-state index in [2.05, 4.69) is 50.4 Å². The third-order valence-electron chi connectivity index (χ3n) is 3.77. The Balaban J connectivity index is 2.21. The van der Waals surface area contributed by atoms with Crippen LogP contribution in [0.5, 0.6) is 0 Å². The fraction of sp³-hybridized carbons (Fsp3) is 0.600. The lowest BCUT2D eigenvalue weighted by atomic mass is 9.81. The van der Waals surface area contributed by atoms with Gasteiger partial charge >= 0.3 is 0 Å². The largest absolute Gasteiger partial charge is 0.378 e. The van der Waals surface area contributed by atoms with Crippen molar-refractivity contribution in [3.05, 3.63) is 29.8 Å². The smallest absolute Gasteiger partial charge is 0.0649 e. The van der Waals surface area contributed by atoms with Crippen LogP contribution in [0.4, 0.5) is 5.69 Å². The topological polar surface area (TPSA) is 47.3 Å². The van der Waals surface area contributed by atoms with Crippen molar-refractivity contribution in [1.82, 2.24) is 0 Å². The minimum absolute atomic E-state index is 0.0478. The standard InChI is InChI=1S/C15H24N2O/c1-12-6-4-5-7-13(12)17-15(11-16)8-9-18-14(2,3)10-15/h4-7,17H,8-11,16H2,1-3H3. The van der Waals surface area contributed by atoms with E-state index in [1.807, 2.05) is 0 Å². The van der Waals surface area contributed by atoms with Crippen molar-refractivity contribution >= 4 is 5.69 Å². The van der Waals surface area contributed by atoms with Crippen molar-refractivity contribution in [3.63, 3.8) is 0 Å². The number of nitrogens with two attached hydrogens (primary N) is 1. The van der Waals surface area contributed by atoms with E-state index in [1.165, 1.54) is 11.3 Å². The predicted octanol–water partition coefficient (Wildman–Crippen LogP) is 2.69. The van der Waals surface area contributed by atoms with Gasteiger partial charge in [0.15, 0.2) is 0 Å². The SMILES string of the molecule is Cc1ccccc1NC1(CN)CCOC(C)(C)C1. The van der Waals surface area contributed by atoms with Crippen molar-refractivity contribution in [2.45, 2.75) is 44.8 Å². The van der Waals surface area contributed by atoms with E-state index in [0.717, 1.165) is 19.4 Å². The quantitative estimate of drug-likeness (QED) is 0.864. The number of ether oxygens (including phenoxy) is 1. The van der Waals surface area contributed by atoms with Crippen LogP contribution < -0.4 is 11.1 Å². The third kappa shape index (κ3) is 2.85. The second-order valence-electron chi connectivity index (χ2n) is 5.96. The molecular formula is C15H24N2O. The molecule has 1 unspecified atom stereocenters. The van der Waals surface area contributed by atoms with E-state index in [1.54, 1.807) is 0 Å². The minimum atomic E-state index is -0.104.